The van der Waals surface area contributed by atoms with E-state index in [9.17, 15) is 9.90 Å². The van der Waals surface area contributed by atoms with Crippen molar-refractivity contribution in [2.24, 2.45) is 0 Å². The maximum atomic E-state index is 11.2. The van der Waals surface area contributed by atoms with Gasteiger partial charge in [0.05, 0.1) is 5.56 Å². The van der Waals surface area contributed by atoms with Crippen LogP contribution < -0.4 is 5.32 Å². The third-order valence-electron chi connectivity index (χ3n) is 3.73. The number of benzene rings is 1. The van der Waals surface area contributed by atoms with E-state index in [-0.39, 0.29) is 0 Å². The van der Waals surface area contributed by atoms with Crippen LogP contribution in [0.4, 0.5) is 0 Å². The minimum Gasteiger partial charge on any atom is -0.478 e. The van der Waals surface area contributed by atoms with Crippen molar-refractivity contribution in [2.45, 2.75) is 32.6 Å². The Balaban J connectivity index is 2.37. The number of rotatable bonds is 2. The van der Waals surface area contributed by atoms with E-state index in [2.05, 4.69) is 11.4 Å². The maximum Gasteiger partial charge on any atom is 0.335 e. The van der Waals surface area contributed by atoms with E-state index in [0.717, 1.165) is 37.1 Å². The molecule has 1 aromatic carbocycles. The molecular weight excluding hydrogens is 214 g/mol. The Morgan fingerprint density at radius 2 is 1.94 bits per heavy atom. The molecule has 0 spiro atoms. The average Bonchev–Trinajstić information content (AvgIpc) is 2.33. The Labute approximate surface area is 102 Å². The fourth-order valence-electron chi connectivity index (χ4n) is 2.50. The lowest BCUT2D eigenvalue weighted by atomic mass is 9.87. The summed E-state index contributed by atoms with van der Waals surface area (Å²) in [6, 6.07) is 4.01. The van der Waals surface area contributed by atoms with Gasteiger partial charge in [-0.25, -0.2) is 4.79 Å². The standard InChI is InChI=1S/C14H19NO2/c1-9-7-12(11-3-5-15-6-4-11)8-13(10(9)2)14(16)17/h7-8,11,15H,3-6H2,1-2H3,(H,16,17). The van der Waals surface area contributed by atoms with Crippen LogP contribution in [-0.2, 0) is 0 Å². The van der Waals surface area contributed by atoms with Crippen LogP contribution >= 0.6 is 0 Å². The highest BCUT2D eigenvalue weighted by molar-refractivity contribution is 5.90. The van der Waals surface area contributed by atoms with Crippen LogP contribution in [0.25, 0.3) is 0 Å². The molecule has 2 rings (SSSR count). The molecule has 1 aromatic rings. The number of aromatic carboxylic acids is 1. The van der Waals surface area contributed by atoms with E-state index in [0.29, 0.717) is 11.5 Å². The van der Waals surface area contributed by atoms with Crippen molar-refractivity contribution < 1.29 is 9.90 Å². The van der Waals surface area contributed by atoms with Crippen LogP contribution in [0.5, 0.6) is 0 Å². The second kappa shape index (κ2) is 4.88. The molecule has 1 fully saturated rings. The largest absolute Gasteiger partial charge is 0.478 e. The lowest BCUT2D eigenvalue weighted by Crippen LogP contribution is -2.26. The average molecular weight is 233 g/mol. The van der Waals surface area contributed by atoms with Crippen molar-refractivity contribution in [3.63, 3.8) is 0 Å². The first-order valence-electron chi connectivity index (χ1n) is 6.14. The number of hydrogen-bond acceptors (Lipinski definition) is 2. The molecule has 3 nitrogen and oxygen atoms in total. The van der Waals surface area contributed by atoms with Gasteiger partial charge in [0, 0.05) is 0 Å². The van der Waals surface area contributed by atoms with Gasteiger partial charge in [0.25, 0.3) is 0 Å². The summed E-state index contributed by atoms with van der Waals surface area (Å²) in [5.74, 6) is -0.310. The molecule has 1 saturated heterocycles. The van der Waals surface area contributed by atoms with E-state index >= 15 is 0 Å². The number of piperidine rings is 1. The fourth-order valence-corrected chi connectivity index (χ4v) is 2.50. The summed E-state index contributed by atoms with van der Waals surface area (Å²) in [4.78, 5) is 11.2. The predicted octanol–water partition coefficient (Wildman–Crippen LogP) is 2.47. The molecule has 1 aliphatic rings. The third-order valence-corrected chi connectivity index (χ3v) is 3.73. The van der Waals surface area contributed by atoms with Crippen molar-refractivity contribution in [3.8, 4) is 0 Å². The van der Waals surface area contributed by atoms with E-state index in [1.165, 1.54) is 5.56 Å². The molecule has 0 aliphatic carbocycles. The number of carbonyl (C=O) groups is 1. The first kappa shape index (κ1) is 12.1. The molecule has 0 saturated carbocycles. The normalized spacial score (nSPS) is 17.1. The first-order valence-corrected chi connectivity index (χ1v) is 6.14. The van der Waals surface area contributed by atoms with Gasteiger partial charge in [-0.15, -0.1) is 0 Å². The molecule has 0 aromatic heterocycles. The quantitative estimate of drug-likeness (QED) is 0.825. The highest BCUT2D eigenvalue weighted by Crippen LogP contribution is 2.28. The van der Waals surface area contributed by atoms with Crippen molar-refractivity contribution in [1.29, 1.82) is 0 Å². The van der Waals surface area contributed by atoms with Gasteiger partial charge in [-0.1, -0.05) is 6.07 Å². The zero-order valence-corrected chi connectivity index (χ0v) is 10.4. The third kappa shape index (κ3) is 2.50. The second-order valence-corrected chi connectivity index (χ2v) is 4.84. The van der Waals surface area contributed by atoms with Gasteiger partial charge in [-0.05, 0) is 68.5 Å². The van der Waals surface area contributed by atoms with Crippen molar-refractivity contribution in [2.75, 3.05) is 13.1 Å². The fraction of sp³-hybridized carbons (Fsp3) is 0.500. The summed E-state index contributed by atoms with van der Waals surface area (Å²) in [5, 5.41) is 12.5. The topological polar surface area (TPSA) is 49.3 Å². The van der Waals surface area contributed by atoms with Crippen LogP contribution in [-0.4, -0.2) is 24.2 Å². The summed E-state index contributed by atoms with van der Waals surface area (Å²) in [7, 11) is 0. The zero-order valence-electron chi connectivity index (χ0n) is 10.4. The Morgan fingerprint density at radius 3 is 2.53 bits per heavy atom. The Morgan fingerprint density at radius 1 is 1.29 bits per heavy atom. The van der Waals surface area contributed by atoms with Gasteiger partial charge in [-0.3, -0.25) is 0 Å². The van der Waals surface area contributed by atoms with E-state index in [1.807, 2.05) is 19.9 Å². The van der Waals surface area contributed by atoms with Gasteiger partial charge >= 0.3 is 5.97 Å². The van der Waals surface area contributed by atoms with Gasteiger partial charge in [-0.2, -0.15) is 0 Å². The molecule has 92 valence electrons. The summed E-state index contributed by atoms with van der Waals surface area (Å²) in [5.41, 5.74) is 3.61. The number of nitrogens with one attached hydrogen (secondary N) is 1. The number of carboxylic acid groups (broad SMARTS) is 1. The highest BCUT2D eigenvalue weighted by Gasteiger charge is 2.18. The van der Waals surface area contributed by atoms with Crippen LogP contribution in [0, 0.1) is 13.8 Å². The minimum atomic E-state index is -0.818. The number of carboxylic acids is 1. The molecule has 17 heavy (non-hydrogen) atoms. The van der Waals surface area contributed by atoms with E-state index in [1.54, 1.807) is 0 Å². The summed E-state index contributed by atoms with van der Waals surface area (Å²) < 4.78 is 0. The Bertz CT molecular complexity index is 434. The van der Waals surface area contributed by atoms with E-state index in [4.69, 9.17) is 0 Å². The highest BCUT2D eigenvalue weighted by atomic mass is 16.4. The zero-order chi connectivity index (χ0) is 12.4. The molecule has 1 aliphatic heterocycles. The molecule has 0 atom stereocenters. The summed E-state index contributed by atoms with van der Waals surface area (Å²) in [6.07, 6.45) is 2.20. The molecule has 2 N–H and O–H groups in total. The SMILES string of the molecule is Cc1cc(C2CCNCC2)cc(C(=O)O)c1C. The molecule has 0 bridgehead atoms. The Hall–Kier alpha value is -1.35. The Kier molecular flexibility index (Phi) is 3.48. The summed E-state index contributed by atoms with van der Waals surface area (Å²) >= 11 is 0. The van der Waals surface area contributed by atoms with Crippen molar-refractivity contribution in [3.05, 3.63) is 34.4 Å². The first-order chi connectivity index (χ1) is 8.09. The van der Waals surface area contributed by atoms with Gasteiger partial charge in [0.1, 0.15) is 0 Å². The smallest absolute Gasteiger partial charge is 0.335 e. The van der Waals surface area contributed by atoms with Crippen molar-refractivity contribution in [1.82, 2.24) is 5.32 Å². The maximum absolute atomic E-state index is 11.2. The van der Waals surface area contributed by atoms with Gasteiger partial charge < -0.3 is 10.4 Å². The molecule has 1 heterocycles. The molecule has 0 radical (unpaired) electrons. The minimum absolute atomic E-state index is 0.457. The van der Waals surface area contributed by atoms with Crippen molar-refractivity contribution >= 4 is 5.97 Å². The predicted molar refractivity (Wildman–Crippen MR) is 67.7 cm³/mol. The lowest BCUT2D eigenvalue weighted by molar-refractivity contribution is 0.0696. The summed E-state index contributed by atoms with van der Waals surface area (Å²) in [6.45, 7) is 5.93. The van der Waals surface area contributed by atoms with E-state index < -0.39 is 5.97 Å². The number of hydrogen-bond donors (Lipinski definition) is 2. The van der Waals surface area contributed by atoms with Crippen LogP contribution in [0.3, 0.4) is 0 Å². The van der Waals surface area contributed by atoms with Gasteiger partial charge in [0.2, 0.25) is 0 Å². The molecular formula is C14H19NO2. The molecule has 0 amide bonds. The number of aryl methyl sites for hydroxylation is 1. The van der Waals surface area contributed by atoms with Crippen LogP contribution in [0.2, 0.25) is 0 Å². The van der Waals surface area contributed by atoms with Crippen LogP contribution in [0.1, 0.15) is 45.8 Å². The lowest BCUT2D eigenvalue weighted by Gasteiger charge is -2.24. The second-order valence-electron chi connectivity index (χ2n) is 4.84. The molecule has 0 unspecified atom stereocenters. The molecule has 3 heteroatoms. The van der Waals surface area contributed by atoms with Crippen LogP contribution in [0.15, 0.2) is 12.1 Å². The monoisotopic (exact) mass is 233 g/mol. The van der Waals surface area contributed by atoms with Gasteiger partial charge in [0.15, 0.2) is 0 Å².